The Labute approximate surface area is 96.7 Å². The first-order chi connectivity index (χ1) is 7.77. The average Bonchev–Trinajstić information content (AvgIpc) is 2.84. The highest BCUT2D eigenvalue weighted by atomic mass is 35.5. The molecule has 0 aliphatic carbocycles. The highest BCUT2D eigenvalue weighted by molar-refractivity contribution is 6.35. The van der Waals surface area contributed by atoms with Crippen molar-refractivity contribution in [2.45, 2.75) is 6.92 Å². The van der Waals surface area contributed by atoms with Gasteiger partial charge in [-0.15, -0.1) is 0 Å². The van der Waals surface area contributed by atoms with Crippen LogP contribution in [0.5, 0.6) is 0 Å². The molecule has 3 aromatic heterocycles. The summed E-state index contributed by atoms with van der Waals surface area (Å²) in [5.74, 6) is 0. The molecule has 0 aliphatic rings. The van der Waals surface area contributed by atoms with E-state index in [1.807, 2.05) is 13.1 Å². The van der Waals surface area contributed by atoms with Crippen LogP contribution in [-0.2, 0) is 0 Å². The lowest BCUT2D eigenvalue weighted by molar-refractivity contribution is 1.05. The fraction of sp³-hybridized carbons (Fsp3) is 0.0909. The van der Waals surface area contributed by atoms with Crippen molar-refractivity contribution in [3.63, 3.8) is 0 Å². The smallest absolute Gasteiger partial charge is 0.0973 e. The van der Waals surface area contributed by atoms with Crippen molar-refractivity contribution in [2.75, 3.05) is 0 Å². The molecule has 16 heavy (non-hydrogen) atoms. The summed E-state index contributed by atoms with van der Waals surface area (Å²) in [5, 5.41) is 7.60. The highest BCUT2D eigenvalue weighted by Crippen LogP contribution is 2.31. The minimum absolute atomic E-state index is 0.678. The summed E-state index contributed by atoms with van der Waals surface area (Å²) in [7, 11) is 0. The molecule has 0 atom stereocenters. The zero-order valence-corrected chi connectivity index (χ0v) is 9.34. The molecule has 0 unspecified atom stereocenters. The van der Waals surface area contributed by atoms with Gasteiger partial charge < -0.3 is 4.98 Å². The standard InChI is InChI=1S/C11H9ClN4/c1-6-7(5-15-16-6)8-4-14-11-9(12)2-3-13-10(8)11/h2-5,14H,1H3,(H,15,16). The molecule has 5 heteroatoms. The molecule has 2 N–H and O–H groups in total. The number of aromatic amines is 2. The number of halogens is 1. The molecule has 3 aromatic rings. The molecule has 0 saturated heterocycles. The number of nitrogens with zero attached hydrogens (tertiary/aromatic N) is 2. The predicted octanol–water partition coefficient (Wildman–Crippen LogP) is 2.91. The van der Waals surface area contributed by atoms with Gasteiger partial charge in [-0.3, -0.25) is 10.1 Å². The van der Waals surface area contributed by atoms with Crippen LogP contribution in [0.4, 0.5) is 0 Å². The Morgan fingerprint density at radius 2 is 2.19 bits per heavy atom. The van der Waals surface area contributed by atoms with Crippen LogP contribution in [0.3, 0.4) is 0 Å². The summed E-state index contributed by atoms with van der Waals surface area (Å²) < 4.78 is 0. The summed E-state index contributed by atoms with van der Waals surface area (Å²) in [6.07, 6.45) is 5.40. The van der Waals surface area contributed by atoms with E-state index in [1.165, 1.54) is 0 Å². The number of H-pyrrole nitrogens is 2. The maximum atomic E-state index is 6.08. The molecule has 3 rings (SSSR count). The summed E-state index contributed by atoms with van der Waals surface area (Å²) in [5.41, 5.74) is 4.81. The number of fused-ring (bicyclic) bond motifs is 1. The largest absolute Gasteiger partial charge is 0.358 e. The third kappa shape index (κ3) is 1.23. The molecule has 0 radical (unpaired) electrons. The molecular weight excluding hydrogens is 224 g/mol. The van der Waals surface area contributed by atoms with Gasteiger partial charge in [0.05, 0.1) is 22.3 Å². The third-order valence-electron chi connectivity index (χ3n) is 2.64. The Morgan fingerprint density at radius 3 is 2.94 bits per heavy atom. The van der Waals surface area contributed by atoms with Crippen LogP contribution in [0.1, 0.15) is 5.69 Å². The normalized spacial score (nSPS) is 11.1. The van der Waals surface area contributed by atoms with Gasteiger partial charge in [0.2, 0.25) is 0 Å². The SMILES string of the molecule is Cc1[nH]ncc1-c1c[nH]c2c(Cl)ccnc12. The minimum Gasteiger partial charge on any atom is -0.358 e. The van der Waals surface area contributed by atoms with Gasteiger partial charge in [-0.2, -0.15) is 5.10 Å². The number of aromatic nitrogens is 4. The molecule has 0 aliphatic heterocycles. The number of hydrogen-bond donors (Lipinski definition) is 2. The van der Waals surface area contributed by atoms with Gasteiger partial charge in [-0.1, -0.05) is 11.6 Å². The number of hydrogen-bond acceptors (Lipinski definition) is 2. The predicted molar refractivity (Wildman–Crippen MR) is 63.4 cm³/mol. The van der Waals surface area contributed by atoms with Gasteiger partial charge in [-0.25, -0.2) is 0 Å². The van der Waals surface area contributed by atoms with E-state index in [-0.39, 0.29) is 0 Å². The van der Waals surface area contributed by atoms with E-state index < -0.39 is 0 Å². The van der Waals surface area contributed by atoms with E-state index in [4.69, 9.17) is 11.6 Å². The molecule has 4 nitrogen and oxygen atoms in total. The number of pyridine rings is 1. The first-order valence-corrected chi connectivity index (χ1v) is 5.27. The van der Waals surface area contributed by atoms with Crippen molar-refractivity contribution in [2.24, 2.45) is 0 Å². The monoisotopic (exact) mass is 232 g/mol. The Morgan fingerprint density at radius 1 is 1.31 bits per heavy atom. The van der Waals surface area contributed by atoms with Crippen LogP contribution in [-0.4, -0.2) is 20.2 Å². The summed E-state index contributed by atoms with van der Waals surface area (Å²) >= 11 is 6.08. The summed E-state index contributed by atoms with van der Waals surface area (Å²) in [6.45, 7) is 1.98. The lowest BCUT2D eigenvalue weighted by Gasteiger charge is -1.96. The van der Waals surface area contributed by atoms with Crippen LogP contribution >= 0.6 is 11.6 Å². The molecule has 0 bridgehead atoms. The Kier molecular flexibility index (Phi) is 1.97. The Balaban J connectivity index is 2.34. The van der Waals surface area contributed by atoms with E-state index in [9.17, 15) is 0 Å². The molecular formula is C11H9ClN4. The van der Waals surface area contributed by atoms with Crippen molar-refractivity contribution in [3.8, 4) is 11.1 Å². The number of aryl methyl sites for hydroxylation is 1. The van der Waals surface area contributed by atoms with Gasteiger partial charge in [-0.05, 0) is 13.0 Å². The van der Waals surface area contributed by atoms with E-state index in [2.05, 4.69) is 20.2 Å². The van der Waals surface area contributed by atoms with Crippen LogP contribution in [0, 0.1) is 6.92 Å². The molecule has 0 fully saturated rings. The van der Waals surface area contributed by atoms with E-state index in [0.717, 1.165) is 27.9 Å². The fourth-order valence-corrected chi connectivity index (χ4v) is 2.02. The lowest BCUT2D eigenvalue weighted by atomic mass is 10.1. The molecule has 0 spiro atoms. The van der Waals surface area contributed by atoms with Gasteiger partial charge in [0, 0.05) is 29.2 Å². The van der Waals surface area contributed by atoms with E-state index >= 15 is 0 Å². The minimum atomic E-state index is 0.678. The number of rotatable bonds is 1. The fourth-order valence-electron chi connectivity index (χ4n) is 1.82. The molecule has 0 aromatic carbocycles. The molecule has 0 amide bonds. The van der Waals surface area contributed by atoms with Crippen LogP contribution in [0.2, 0.25) is 5.02 Å². The second-order valence-electron chi connectivity index (χ2n) is 3.63. The quantitative estimate of drug-likeness (QED) is 0.678. The Bertz CT molecular complexity index is 653. The molecule has 3 heterocycles. The van der Waals surface area contributed by atoms with Crippen molar-refractivity contribution in [3.05, 3.63) is 35.4 Å². The maximum Gasteiger partial charge on any atom is 0.0973 e. The van der Waals surface area contributed by atoms with E-state index in [1.54, 1.807) is 18.5 Å². The molecule has 0 saturated carbocycles. The maximum absolute atomic E-state index is 6.08. The topological polar surface area (TPSA) is 57.4 Å². The van der Waals surface area contributed by atoms with Crippen LogP contribution in [0.25, 0.3) is 22.2 Å². The Hall–Kier alpha value is -1.81. The molecule has 80 valence electrons. The highest BCUT2D eigenvalue weighted by Gasteiger charge is 2.12. The van der Waals surface area contributed by atoms with Gasteiger partial charge in [0.1, 0.15) is 0 Å². The van der Waals surface area contributed by atoms with Crippen molar-refractivity contribution in [1.82, 2.24) is 20.2 Å². The zero-order chi connectivity index (χ0) is 11.1. The van der Waals surface area contributed by atoms with Gasteiger partial charge in [0.15, 0.2) is 0 Å². The number of nitrogens with one attached hydrogen (secondary N) is 2. The summed E-state index contributed by atoms with van der Waals surface area (Å²) in [6, 6.07) is 1.77. The lowest BCUT2D eigenvalue weighted by Crippen LogP contribution is -1.80. The summed E-state index contributed by atoms with van der Waals surface area (Å²) in [4.78, 5) is 7.48. The van der Waals surface area contributed by atoms with Crippen LogP contribution in [0.15, 0.2) is 24.7 Å². The van der Waals surface area contributed by atoms with Crippen molar-refractivity contribution in [1.29, 1.82) is 0 Å². The van der Waals surface area contributed by atoms with E-state index in [0.29, 0.717) is 5.02 Å². The second kappa shape index (κ2) is 3.35. The first kappa shape index (κ1) is 9.42. The zero-order valence-electron chi connectivity index (χ0n) is 8.58. The van der Waals surface area contributed by atoms with Crippen molar-refractivity contribution >= 4 is 22.6 Å². The van der Waals surface area contributed by atoms with Gasteiger partial charge >= 0.3 is 0 Å². The third-order valence-corrected chi connectivity index (χ3v) is 2.95. The second-order valence-corrected chi connectivity index (χ2v) is 4.03. The van der Waals surface area contributed by atoms with Crippen molar-refractivity contribution < 1.29 is 0 Å². The first-order valence-electron chi connectivity index (χ1n) is 4.89. The average molecular weight is 233 g/mol. The van der Waals surface area contributed by atoms with Crippen LogP contribution < -0.4 is 0 Å². The van der Waals surface area contributed by atoms with Gasteiger partial charge in [0.25, 0.3) is 0 Å².